The zero-order chi connectivity index (χ0) is 15.6. The van der Waals surface area contributed by atoms with Crippen LogP contribution in [0.4, 0.5) is 5.69 Å². The number of anilines is 1. The zero-order valence-corrected chi connectivity index (χ0v) is 12.4. The van der Waals surface area contributed by atoms with Gasteiger partial charge >= 0.3 is 5.97 Å². The van der Waals surface area contributed by atoms with Gasteiger partial charge < -0.3 is 20.9 Å². The molecule has 2 unspecified atom stereocenters. The third-order valence-corrected chi connectivity index (χ3v) is 3.71. The van der Waals surface area contributed by atoms with Gasteiger partial charge in [-0.1, -0.05) is 23.2 Å². The van der Waals surface area contributed by atoms with E-state index >= 15 is 0 Å². The van der Waals surface area contributed by atoms with E-state index in [2.05, 4.69) is 5.32 Å². The number of nitrogens with two attached hydrogens (primary N) is 1. The molecule has 0 radical (unpaired) electrons. The van der Waals surface area contributed by atoms with Crippen LogP contribution in [0.25, 0.3) is 0 Å². The van der Waals surface area contributed by atoms with Gasteiger partial charge in [0.1, 0.15) is 6.10 Å². The number of aromatic carboxylic acids is 1. The van der Waals surface area contributed by atoms with Crippen molar-refractivity contribution in [3.05, 3.63) is 27.7 Å². The predicted molar refractivity (Wildman–Crippen MR) is 79.0 cm³/mol. The molecule has 1 aromatic carbocycles. The Morgan fingerprint density at radius 2 is 2.10 bits per heavy atom. The standard InChI is InChI=1S/C13H14Cl2N2O4/c14-6-3-8(13(19)20)11(9(15)4-6)17-12(18)10-2-1-7(5-16)21-10/h3-4,7,10H,1-2,5,16H2,(H,17,18)(H,19,20). The van der Waals surface area contributed by atoms with Crippen LogP contribution in [0.2, 0.25) is 10.0 Å². The Bertz CT molecular complexity index is 580. The predicted octanol–water partition coefficient (Wildman–Crippen LogP) is 2.14. The SMILES string of the molecule is NCC1CCC(C(=O)Nc2c(Cl)cc(Cl)cc2C(=O)O)O1. The van der Waals surface area contributed by atoms with Crippen LogP contribution in [-0.2, 0) is 9.53 Å². The molecule has 1 aromatic rings. The number of carboxylic acids is 1. The van der Waals surface area contributed by atoms with Crippen molar-refractivity contribution in [2.24, 2.45) is 5.73 Å². The van der Waals surface area contributed by atoms with E-state index in [0.29, 0.717) is 19.4 Å². The number of carbonyl (C=O) groups excluding carboxylic acids is 1. The third kappa shape index (κ3) is 3.65. The van der Waals surface area contributed by atoms with Gasteiger partial charge in [0.2, 0.25) is 0 Å². The quantitative estimate of drug-likeness (QED) is 0.783. The van der Waals surface area contributed by atoms with E-state index in [4.69, 9.17) is 38.8 Å². The molecule has 8 heteroatoms. The number of carboxylic acid groups (broad SMARTS) is 1. The lowest BCUT2D eigenvalue weighted by atomic mass is 10.1. The maximum Gasteiger partial charge on any atom is 0.337 e. The number of amides is 1. The van der Waals surface area contributed by atoms with Crippen LogP contribution in [0.3, 0.4) is 0 Å². The molecule has 0 bridgehead atoms. The highest BCUT2D eigenvalue weighted by molar-refractivity contribution is 6.37. The fraction of sp³-hybridized carbons (Fsp3) is 0.385. The van der Waals surface area contributed by atoms with E-state index in [1.807, 2.05) is 0 Å². The smallest absolute Gasteiger partial charge is 0.337 e. The van der Waals surface area contributed by atoms with Crippen LogP contribution in [0.1, 0.15) is 23.2 Å². The number of ether oxygens (including phenoxy) is 1. The summed E-state index contributed by atoms with van der Waals surface area (Å²) in [5.41, 5.74) is 5.32. The topological polar surface area (TPSA) is 102 Å². The number of benzene rings is 1. The van der Waals surface area contributed by atoms with Gasteiger partial charge in [0, 0.05) is 11.6 Å². The van der Waals surface area contributed by atoms with Gasteiger partial charge in [-0.2, -0.15) is 0 Å². The highest BCUT2D eigenvalue weighted by atomic mass is 35.5. The first-order chi connectivity index (χ1) is 9.92. The number of rotatable bonds is 4. The molecule has 1 aliphatic rings. The summed E-state index contributed by atoms with van der Waals surface area (Å²) in [5, 5.41) is 11.9. The van der Waals surface area contributed by atoms with Crippen LogP contribution < -0.4 is 11.1 Å². The summed E-state index contributed by atoms with van der Waals surface area (Å²) < 4.78 is 5.45. The number of halogens is 2. The average Bonchev–Trinajstić information content (AvgIpc) is 2.90. The lowest BCUT2D eigenvalue weighted by molar-refractivity contribution is -0.126. The number of nitrogens with one attached hydrogen (secondary N) is 1. The molecule has 114 valence electrons. The number of hydrogen-bond acceptors (Lipinski definition) is 4. The van der Waals surface area contributed by atoms with Crippen LogP contribution in [0, 0.1) is 0 Å². The van der Waals surface area contributed by atoms with Crippen molar-refractivity contribution in [2.75, 3.05) is 11.9 Å². The highest BCUT2D eigenvalue weighted by Gasteiger charge is 2.31. The van der Waals surface area contributed by atoms with Gasteiger partial charge in [0.05, 0.1) is 22.4 Å². The van der Waals surface area contributed by atoms with Gasteiger partial charge in [-0.3, -0.25) is 4.79 Å². The lowest BCUT2D eigenvalue weighted by Gasteiger charge is -2.15. The van der Waals surface area contributed by atoms with Crippen molar-refractivity contribution in [1.29, 1.82) is 0 Å². The lowest BCUT2D eigenvalue weighted by Crippen LogP contribution is -2.30. The molecule has 1 fully saturated rings. The van der Waals surface area contributed by atoms with E-state index < -0.39 is 18.0 Å². The maximum absolute atomic E-state index is 12.1. The highest BCUT2D eigenvalue weighted by Crippen LogP contribution is 2.31. The molecule has 4 N–H and O–H groups in total. The molecule has 1 heterocycles. The van der Waals surface area contributed by atoms with Gasteiger partial charge in [-0.15, -0.1) is 0 Å². The third-order valence-electron chi connectivity index (χ3n) is 3.20. The molecular weight excluding hydrogens is 319 g/mol. The fourth-order valence-corrected chi connectivity index (χ4v) is 2.69. The summed E-state index contributed by atoms with van der Waals surface area (Å²) in [6.45, 7) is 0.339. The van der Waals surface area contributed by atoms with Gasteiger partial charge in [-0.25, -0.2) is 4.79 Å². The molecule has 1 saturated heterocycles. The minimum atomic E-state index is -1.23. The van der Waals surface area contributed by atoms with Crippen molar-refractivity contribution < 1.29 is 19.4 Å². The summed E-state index contributed by atoms with van der Waals surface area (Å²) in [6, 6.07) is 2.59. The van der Waals surface area contributed by atoms with E-state index in [1.165, 1.54) is 12.1 Å². The molecule has 1 amide bonds. The van der Waals surface area contributed by atoms with Crippen molar-refractivity contribution in [2.45, 2.75) is 25.0 Å². The van der Waals surface area contributed by atoms with Gasteiger partial charge in [-0.05, 0) is 25.0 Å². The molecule has 0 spiro atoms. The second-order valence-corrected chi connectivity index (χ2v) is 5.51. The van der Waals surface area contributed by atoms with Crippen LogP contribution in [0.15, 0.2) is 12.1 Å². The van der Waals surface area contributed by atoms with Crippen LogP contribution in [0.5, 0.6) is 0 Å². The summed E-state index contributed by atoms with van der Waals surface area (Å²) in [7, 11) is 0. The molecule has 2 rings (SSSR count). The first kappa shape index (κ1) is 16.0. The molecule has 2 atom stereocenters. The number of hydrogen-bond donors (Lipinski definition) is 3. The summed E-state index contributed by atoms with van der Waals surface area (Å²) in [6.07, 6.45) is 0.406. The second-order valence-electron chi connectivity index (χ2n) is 4.66. The Labute approximate surface area is 131 Å². The molecule has 0 aliphatic carbocycles. The Balaban J connectivity index is 2.19. The average molecular weight is 333 g/mol. The first-order valence-corrected chi connectivity index (χ1v) is 7.06. The van der Waals surface area contributed by atoms with Crippen molar-refractivity contribution in [3.63, 3.8) is 0 Å². The van der Waals surface area contributed by atoms with Gasteiger partial charge in [0.25, 0.3) is 5.91 Å². The first-order valence-electron chi connectivity index (χ1n) is 6.31. The Morgan fingerprint density at radius 3 is 2.67 bits per heavy atom. The molecular formula is C13H14Cl2N2O4. The van der Waals surface area contributed by atoms with E-state index in [-0.39, 0.29) is 27.4 Å². The summed E-state index contributed by atoms with van der Waals surface area (Å²) >= 11 is 11.7. The monoisotopic (exact) mass is 332 g/mol. The maximum atomic E-state index is 12.1. The van der Waals surface area contributed by atoms with Crippen molar-refractivity contribution >= 4 is 40.8 Å². The molecule has 6 nitrogen and oxygen atoms in total. The Hall–Kier alpha value is -1.34. The van der Waals surface area contributed by atoms with Gasteiger partial charge in [0.15, 0.2) is 0 Å². The molecule has 0 aromatic heterocycles. The van der Waals surface area contributed by atoms with Crippen LogP contribution in [-0.4, -0.2) is 35.7 Å². The minimum Gasteiger partial charge on any atom is -0.478 e. The zero-order valence-electron chi connectivity index (χ0n) is 10.9. The minimum absolute atomic E-state index is 0.0124. The van der Waals surface area contributed by atoms with E-state index in [0.717, 1.165) is 0 Å². The largest absolute Gasteiger partial charge is 0.478 e. The Kier molecular flexibility index (Phi) is 5.05. The molecule has 21 heavy (non-hydrogen) atoms. The molecule has 1 aliphatic heterocycles. The summed E-state index contributed by atoms with van der Waals surface area (Å²) in [5.74, 6) is -1.68. The normalized spacial score (nSPS) is 21.3. The van der Waals surface area contributed by atoms with Crippen molar-refractivity contribution in [1.82, 2.24) is 0 Å². The summed E-state index contributed by atoms with van der Waals surface area (Å²) in [4.78, 5) is 23.3. The van der Waals surface area contributed by atoms with E-state index in [9.17, 15) is 9.59 Å². The Morgan fingerprint density at radius 1 is 1.38 bits per heavy atom. The van der Waals surface area contributed by atoms with Crippen molar-refractivity contribution in [3.8, 4) is 0 Å². The number of carbonyl (C=O) groups is 2. The molecule has 0 saturated carbocycles. The fourth-order valence-electron chi connectivity index (χ4n) is 2.14. The second kappa shape index (κ2) is 6.62. The van der Waals surface area contributed by atoms with Crippen LogP contribution >= 0.6 is 23.2 Å². The van der Waals surface area contributed by atoms with E-state index in [1.54, 1.807) is 0 Å².